The second-order valence-electron chi connectivity index (χ2n) is 4.95. The van der Waals surface area contributed by atoms with E-state index in [0.717, 1.165) is 14.5 Å². The van der Waals surface area contributed by atoms with Crippen LogP contribution in [0.4, 0.5) is 5.69 Å². The molecular formula is C16H12Br2ClNO3. The molecule has 23 heavy (non-hydrogen) atoms. The topological polar surface area (TPSA) is 47.6 Å². The monoisotopic (exact) mass is 459 g/mol. The van der Waals surface area contributed by atoms with Gasteiger partial charge in [0.2, 0.25) is 5.91 Å². The molecule has 0 radical (unpaired) electrons. The van der Waals surface area contributed by atoms with E-state index in [0.29, 0.717) is 35.4 Å². The molecule has 1 heterocycles. The maximum atomic E-state index is 12.3. The average Bonchev–Trinajstić information content (AvgIpc) is 2.51. The highest BCUT2D eigenvalue weighted by Crippen LogP contribution is 2.38. The third-order valence-corrected chi connectivity index (χ3v) is 4.69. The molecule has 0 aliphatic carbocycles. The Morgan fingerprint density at radius 1 is 1.17 bits per heavy atom. The molecule has 3 rings (SSSR count). The Balaban J connectivity index is 1.75. The summed E-state index contributed by atoms with van der Waals surface area (Å²) < 4.78 is 12.7. The van der Waals surface area contributed by atoms with Crippen molar-refractivity contribution >= 4 is 55.1 Å². The summed E-state index contributed by atoms with van der Waals surface area (Å²) in [5.41, 5.74) is 1.47. The molecule has 0 fully saturated rings. The van der Waals surface area contributed by atoms with Crippen LogP contribution in [0.15, 0.2) is 39.3 Å². The first-order chi connectivity index (χ1) is 11.0. The highest BCUT2D eigenvalue weighted by atomic mass is 79.9. The molecular weight excluding hydrogens is 449 g/mol. The quantitative estimate of drug-likeness (QED) is 0.713. The van der Waals surface area contributed by atoms with E-state index in [1.807, 2.05) is 18.2 Å². The number of amides is 1. The lowest BCUT2D eigenvalue weighted by Crippen LogP contribution is -2.17. The van der Waals surface area contributed by atoms with E-state index in [9.17, 15) is 4.79 Å². The Hall–Kier alpha value is -1.24. The highest BCUT2D eigenvalue weighted by molar-refractivity contribution is 9.11. The van der Waals surface area contributed by atoms with Gasteiger partial charge < -0.3 is 14.8 Å². The van der Waals surface area contributed by atoms with E-state index in [-0.39, 0.29) is 12.3 Å². The lowest BCUT2D eigenvalue weighted by atomic mass is 10.1. The molecule has 7 heteroatoms. The summed E-state index contributed by atoms with van der Waals surface area (Å²) in [6.07, 6.45) is 0.190. The molecule has 2 aromatic carbocycles. The molecule has 1 amide bonds. The SMILES string of the molecule is O=C(Cc1cc(Cl)c2c(c1)OCCO2)Nc1cc(Br)ccc1Br. The van der Waals surface area contributed by atoms with Gasteiger partial charge in [0.05, 0.1) is 17.1 Å². The van der Waals surface area contributed by atoms with Crippen molar-refractivity contribution in [1.82, 2.24) is 0 Å². The minimum atomic E-state index is -0.142. The van der Waals surface area contributed by atoms with Crippen LogP contribution in [0.2, 0.25) is 5.02 Å². The zero-order valence-electron chi connectivity index (χ0n) is 11.9. The molecule has 4 nitrogen and oxygen atoms in total. The fraction of sp³-hybridized carbons (Fsp3) is 0.188. The molecule has 1 aliphatic rings. The van der Waals surface area contributed by atoms with E-state index in [1.165, 1.54) is 0 Å². The van der Waals surface area contributed by atoms with Gasteiger partial charge in [0.1, 0.15) is 13.2 Å². The van der Waals surface area contributed by atoms with E-state index in [1.54, 1.807) is 12.1 Å². The lowest BCUT2D eigenvalue weighted by molar-refractivity contribution is -0.115. The number of nitrogens with one attached hydrogen (secondary N) is 1. The van der Waals surface area contributed by atoms with Crippen LogP contribution < -0.4 is 14.8 Å². The third-order valence-electron chi connectivity index (χ3n) is 3.22. The first-order valence-corrected chi connectivity index (χ1v) is 8.82. The van der Waals surface area contributed by atoms with Crippen molar-refractivity contribution in [2.45, 2.75) is 6.42 Å². The smallest absolute Gasteiger partial charge is 0.228 e. The Morgan fingerprint density at radius 3 is 2.78 bits per heavy atom. The van der Waals surface area contributed by atoms with Crippen LogP contribution in [0.25, 0.3) is 0 Å². The van der Waals surface area contributed by atoms with Gasteiger partial charge in [-0.05, 0) is 51.8 Å². The number of fused-ring (bicyclic) bond motifs is 1. The third kappa shape index (κ3) is 4.00. The molecule has 0 atom stereocenters. The number of anilines is 1. The summed E-state index contributed by atoms with van der Waals surface area (Å²) in [5.74, 6) is 0.975. The summed E-state index contributed by atoms with van der Waals surface area (Å²) in [7, 11) is 0. The first kappa shape index (κ1) is 16.6. The van der Waals surface area contributed by atoms with Crippen molar-refractivity contribution in [3.8, 4) is 11.5 Å². The standard InChI is InChI=1S/C16H12Br2ClNO3/c17-10-1-2-11(18)13(8-10)20-15(21)7-9-5-12(19)16-14(6-9)22-3-4-23-16/h1-2,5-6,8H,3-4,7H2,(H,20,21). The minimum Gasteiger partial charge on any atom is -0.486 e. The number of halogens is 3. The number of benzene rings is 2. The summed E-state index contributed by atoms with van der Waals surface area (Å²) in [6, 6.07) is 9.10. The predicted molar refractivity (Wildman–Crippen MR) is 96.6 cm³/mol. The Kier molecular flexibility index (Phi) is 5.14. The lowest BCUT2D eigenvalue weighted by Gasteiger charge is -2.20. The van der Waals surface area contributed by atoms with Gasteiger partial charge in [0.15, 0.2) is 11.5 Å². The Labute approximate surface area is 155 Å². The van der Waals surface area contributed by atoms with Crippen molar-refractivity contribution in [3.05, 3.63) is 49.9 Å². The Bertz CT molecular complexity index is 767. The molecule has 0 saturated heterocycles. The van der Waals surface area contributed by atoms with Crippen LogP contribution >= 0.6 is 43.5 Å². The number of hydrogen-bond donors (Lipinski definition) is 1. The number of carbonyl (C=O) groups excluding carboxylic acids is 1. The van der Waals surface area contributed by atoms with Crippen molar-refractivity contribution in [2.24, 2.45) is 0 Å². The molecule has 1 aliphatic heterocycles. The van der Waals surface area contributed by atoms with Crippen LogP contribution in [-0.2, 0) is 11.2 Å². The Morgan fingerprint density at radius 2 is 1.96 bits per heavy atom. The van der Waals surface area contributed by atoms with Crippen LogP contribution in [0.1, 0.15) is 5.56 Å². The normalized spacial score (nSPS) is 12.8. The highest BCUT2D eigenvalue weighted by Gasteiger charge is 2.18. The van der Waals surface area contributed by atoms with E-state index >= 15 is 0 Å². The maximum Gasteiger partial charge on any atom is 0.228 e. The summed E-state index contributed by atoms with van der Waals surface area (Å²) in [5, 5.41) is 3.32. The number of hydrogen-bond acceptors (Lipinski definition) is 3. The van der Waals surface area contributed by atoms with Gasteiger partial charge in [0.25, 0.3) is 0 Å². The van der Waals surface area contributed by atoms with Crippen molar-refractivity contribution in [1.29, 1.82) is 0 Å². The van der Waals surface area contributed by atoms with Gasteiger partial charge in [-0.15, -0.1) is 0 Å². The number of rotatable bonds is 3. The molecule has 120 valence electrons. The van der Waals surface area contributed by atoms with Gasteiger partial charge in [-0.2, -0.15) is 0 Å². The van der Waals surface area contributed by atoms with Crippen LogP contribution in [0.5, 0.6) is 11.5 Å². The average molecular weight is 462 g/mol. The van der Waals surface area contributed by atoms with Gasteiger partial charge in [0, 0.05) is 8.95 Å². The van der Waals surface area contributed by atoms with Gasteiger partial charge >= 0.3 is 0 Å². The summed E-state index contributed by atoms with van der Waals surface area (Å²) in [4.78, 5) is 12.3. The molecule has 0 spiro atoms. The number of carbonyl (C=O) groups is 1. The molecule has 1 N–H and O–H groups in total. The fourth-order valence-corrected chi connectivity index (χ4v) is 3.23. The second-order valence-corrected chi connectivity index (χ2v) is 7.13. The molecule has 0 bridgehead atoms. The van der Waals surface area contributed by atoms with E-state index in [2.05, 4.69) is 37.2 Å². The van der Waals surface area contributed by atoms with Gasteiger partial charge in [-0.3, -0.25) is 4.79 Å². The largest absolute Gasteiger partial charge is 0.486 e. The van der Waals surface area contributed by atoms with Crippen LogP contribution in [0.3, 0.4) is 0 Å². The second kappa shape index (κ2) is 7.11. The molecule has 0 saturated carbocycles. The maximum absolute atomic E-state index is 12.3. The van der Waals surface area contributed by atoms with Crippen molar-refractivity contribution < 1.29 is 14.3 Å². The van der Waals surface area contributed by atoms with E-state index < -0.39 is 0 Å². The zero-order valence-corrected chi connectivity index (χ0v) is 15.8. The summed E-state index contributed by atoms with van der Waals surface area (Å²) in [6.45, 7) is 0.952. The fourth-order valence-electron chi connectivity index (χ4n) is 2.24. The number of ether oxygens (including phenoxy) is 2. The predicted octanol–water partition coefficient (Wildman–Crippen LogP) is 4.82. The molecule has 0 unspecified atom stereocenters. The minimum absolute atomic E-state index is 0.142. The van der Waals surface area contributed by atoms with Gasteiger partial charge in [-0.25, -0.2) is 0 Å². The molecule has 2 aromatic rings. The summed E-state index contributed by atoms with van der Waals surface area (Å²) >= 11 is 13.0. The van der Waals surface area contributed by atoms with Crippen molar-refractivity contribution in [3.63, 3.8) is 0 Å². The van der Waals surface area contributed by atoms with Gasteiger partial charge in [-0.1, -0.05) is 27.5 Å². The first-order valence-electron chi connectivity index (χ1n) is 6.86. The van der Waals surface area contributed by atoms with E-state index in [4.69, 9.17) is 21.1 Å². The van der Waals surface area contributed by atoms with Crippen molar-refractivity contribution in [2.75, 3.05) is 18.5 Å². The van der Waals surface area contributed by atoms with Crippen LogP contribution in [0, 0.1) is 0 Å². The zero-order chi connectivity index (χ0) is 16.4. The van der Waals surface area contributed by atoms with Crippen LogP contribution in [-0.4, -0.2) is 19.1 Å². The molecule has 0 aromatic heterocycles.